The van der Waals surface area contributed by atoms with Gasteiger partial charge in [0, 0.05) is 20.1 Å². The molecule has 2 unspecified atom stereocenters. The number of aliphatic hydroxyl groups excluding tert-OH is 2. The zero-order valence-corrected chi connectivity index (χ0v) is 20.8. The van der Waals surface area contributed by atoms with Crippen LogP contribution in [0, 0.1) is 0 Å². The Labute approximate surface area is 198 Å². The highest BCUT2D eigenvalue weighted by molar-refractivity contribution is 7.89. The molecule has 2 aromatic heterocycles. The fourth-order valence-corrected chi connectivity index (χ4v) is 5.39. The summed E-state index contributed by atoms with van der Waals surface area (Å²) in [5, 5.41) is 24.0. The van der Waals surface area contributed by atoms with Crippen molar-refractivity contribution in [3.63, 3.8) is 0 Å². The summed E-state index contributed by atoms with van der Waals surface area (Å²) in [5.41, 5.74) is 1.29. The summed E-state index contributed by atoms with van der Waals surface area (Å²) in [6.07, 6.45) is -1.31. The quantitative estimate of drug-likeness (QED) is 0.379. The van der Waals surface area contributed by atoms with E-state index in [0.29, 0.717) is 41.1 Å². The average molecular weight is 494 g/mol. The van der Waals surface area contributed by atoms with Gasteiger partial charge in [-0.1, -0.05) is 6.92 Å². The Morgan fingerprint density at radius 3 is 2.38 bits per heavy atom. The standard InChI is InChI=1S/C22H31N5O6S/c1-6-17-19-20(26(5)25-17)22(30)24-21(23-19)16-10-15(8-9-18(16)33-7-2)34(31,32)27(11-13(3)28)12-14(4)29/h8-10,13-14,28-29H,6-7,11-12H2,1-5H3,(H,23,24,30). The van der Waals surface area contributed by atoms with Gasteiger partial charge in [-0.25, -0.2) is 13.4 Å². The number of nitrogens with one attached hydrogen (secondary N) is 1. The van der Waals surface area contributed by atoms with E-state index in [-0.39, 0.29) is 23.8 Å². The summed E-state index contributed by atoms with van der Waals surface area (Å²) in [6, 6.07) is 4.27. The Bertz CT molecular complexity index is 1320. The number of benzene rings is 1. The molecule has 0 aliphatic rings. The van der Waals surface area contributed by atoms with Gasteiger partial charge in [-0.05, 0) is 45.4 Å². The Morgan fingerprint density at radius 2 is 1.82 bits per heavy atom. The van der Waals surface area contributed by atoms with Gasteiger partial charge in [-0.15, -0.1) is 0 Å². The molecule has 0 saturated carbocycles. The number of aliphatic hydroxyl groups is 2. The van der Waals surface area contributed by atoms with Crippen molar-refractivity contribution in [2.45, 2.75) is 51.2 Å². The summed E-state index contributed by atoms with van der Waals surface area (Å²) < 4.78 is 35.0. The van der Waals surface area contributed by atoms with E-state index in [2.05, 4.69) is 15.1 Å². The first-order valence-electron chi connectivity index (χ1n) is 11.1. The van der Waals surface area contributed by atoms with E-state index < -0.39 is 27.8 Å². The second-order valence-corrected chi connectivity index (χ2v) is 10.1. The largest absolute Gasteiger partial charge is 0.493 e. The van der Waals surface area contributed by atoms with Crippen LogP contribution in [0.2, 0.25) is 0 Å². The molecule has 2 atom stereocenters. The minimum absolute atomic E-state index is 0.0862. The Hall–Kier alpha value is -2.80. The number of aromatic nitrogens is 4. The summed E-state index contributed by atoms with van der Waals surface area (Å²) in [7, 11) is -2.43. The molecule has 0 amide bonds. The monoisotopic (exact) mass is 493 g/mol. The number of rotatable bonds is 10. The highest BCUT2D eigenvalue weighted by Crippen LogP contribution is 2.32. The maximum absolute atomic E-state index is 13.4. The van der Waals surface area contributed by atoms with E-state index in [1.165, 1.54) is 36.7 Å². The molecule has 34 heavy (non-hydrogen) atoms. The van der Waals surface area contributed by atoms with Crippen LogP contribution in [-0.4, -0.2) is 74.6 Å². The normalized spacial score (nSPS) is 14.0. The molecule has 11 nitrogen and oxygen atoms in total. The van der Waals surface area contributed by atoms with Crippen LogP contribution in [0.25, 0.3) is 22.4 Å². The molecule has 3 N–H and O–H groups in total. The maximum Gasteiger partial charge on any atom is 0.277 e. The lowest BCUT2D eigenvalue weighted by atomic mass is 10.1. The topological polar surface area (TPSA) is 151 Å². The lowest BCUT2D eigenvalue weighted by Crippen LogP contribution is -2.40. The highest BCUT2D eigenvalue weighted by atomic mass is 32.2. The molecule has 0 aliphatic heterocycles. The van der Waals surface area contributed by atoms with Gasteiger partial charge >= 0.3 is 0 Å². The molecule has 0 spiro atoms. The second kappa shape index (κ2) is 10.2. The lowest BCUT2D eigenvalue weighted by Gasteiger charge is -2.25. The second-order valence-electron chi connectivity index (χ2n) is 8.15. The van der Waals surface area contributed by atoms with Gasteiger partial charge in [0.15, 0.2) is 5.52 Å². The zero-order chi connectivity index (χ0) is 25.2. The Balaban J connectivity index is 2.22. The fraction of sp³-hybridized carbons (Fsp3) is 0.500. The van der Waals surface area contributed by atoms with E-state index >= 15 is 0 Å². The molecular formula is C22H31N5O6S. The summed E-state index contributed by atoms with van der Waals surface area (Å²) >= 11 is 0. The van der Waals surface area contributed by atoms with E-state index in [1.54, 1.807) is 14.0 Å². The molecule has 186 valence electrons. The maximum atomic E-state index is 13.4. The van der Waals surface area contributed by atoms with Crippen LogP contribution >= 0.6 is 0 Å². The molecule has 3 aromatic rings. The first-order chi connectivity index (χ1) is 16.0. The van der Waals surface area contributed by atoms with Crippen molar-refractivity contribution < 1.29 is 23.4 Å². The van der Waals surface area contributed by atoms with Gasteiger partial charge in [-0.2, -0.15) is 9.40 Å². The molecule has 0 saturated heterocycles. The van der Waals surface area contributed by atoms with Crippen molar-refractivity contribution in [3.8, 4) is 17.1 Å². The summed E-state index contributed by atoms with van der Waals surface area (Å²) in [5.74, 6) is 0.502. The molecule has 0 aliphatic carbocycles. The minimum atomic E-state index is -4.09. The SMILES string of the molecule is CCOc1ccc(S(=O)(=O)N(CC(C)O)CC(C)O)cc1-c1nc2c(CC)nn(C)c2c(=O)[nH]1. The first-order valence-corrected chi connectivity index (χ1v) is 12.5. The van der Waals surface area contributed by atoms with Crippen molar-refractivity contribution in [1.82, 2.24) is 24.1 Å². The number of nitrogens with zero attached hydrogens (tertiary/aromatic N) is 4. The number of sulfonamides is 1. The molecule has 3 rings (SSSR count). The van der Waals surface area contributed by atoms with Crippen LogP contribution in [0.1, 0.15) is 33.4 Å². The Morgan fingerprint density at radius 1 is 1.18 bits per heavy atom. The number of ether oxygens (including phenoxy) is 1. The van der Waals surface area contributed by atoms with E-state index in [4.69, 9.17) is 4.74 Å². The van der Waals surface area contributed by atoms with Crippen molar-refractivity contribution in [3.05, 3.63) is 34.2 Å². The van der Waals surface area contributed by atoms with Crippen molar-refractivity contribution in [2.75, 3.05) is 19.7 Å². The molecule has 0 radical (unpaired) electrons. The molecule has 2 heterocycles. The number of hydrogen-bond donors (Lipinski definition) is 3. The third kappa shape index (κ3) is 5.14. The predicted molar refractivity (Wildman–Crippen MR) is 127 cm³/mol. The number of aromatic amines is 1. The van der Waals surface area contributed by atoms with Crippen LogP contribution in [-0.2, 0) is 23.5 Å². The fourth-order valence-electron chi connectivity index (χ4n) is 3.76. The average Bonchev–Trinajstić information content (AvgIpc) is 3.09. The third-order valence-electron chi connectivity index (χ3n) is 5.18. The van der Waals surface area contributed by atoms with Gasteiger partial charge < -0.3 is 19.9 Å². The number of aryl methyl sites for hydroxylation is 2. The van der Waals surface area contributed by atoms with E-state index in [1.807, 2.05) is 6.92 Å². The molecule has 12 heteroatoms. The minimum Gasteiger partial charge on any atom is -0.493 e. The van der Waals surface area contributed by atoms with Gasteiger partial charge in [-0.3, -0.25) is 9.48 Å². The number of fused-ring (bicyclic) bond motifs is 1. The summed E-state index contributed by atoms with van der Waals surface area (Å²) in [4.78, 5) is 20.1. The highest BCUT2D eigenvalue weighted by Gasteiger charge is 2.28. The molecule has 1 aromatic carbocycles. The summed E-state index contributed by atoms with van der Waals surface area (Å²) in [6.45, 7) is 6.57. The van der Waals surface area contributed by atoms with Crippen LogP contribution < -0.4 is 10.3 Å². The molecule has 0 fully saturated rings. The number of hydrogen-bond acceptors (Lipinski definition) is 8. The number of H-pyrrole nitrogens is 1. The van der Waals surface area contributed by atoms with Gasteiger partial charge in [0.05, 0.1) is 35.0 Å². The third-order valence-corrected chi connectivity index (χ3v) is 7.00. The van der Waals surface area contributed by atoms with Crippen molar-refractivity contribution in [2.24, 2.45) is 7.05 Å². The van der Waals surface area contributed by atoms with Gasteiger partial charge in [0.2, 0.25) is 10.0 Å². The van der Waals surface area contributed by atoms with Crippen LogP contribution in [0.5, 0.6) is 5.75 Å². The predicted octanol–water partition coefficient (Wildman–Crippen LogP) is 1.04. The van der Waals surface area contributed by atoms with Gasteiger partial charge in [0.1, 0.15) is 17.1 Å². The van der Waals surface area contributed by atoms with Crippen LogP contribution in [0.3, 0.4) is 0 Å². The van der Waals surface area contributed by atoms with E-state index in [0.717, 1.165) is 4.31 Å². The van der Waals surface area contributed by atoms with Crippen molar-refractivity contribution >= 4 is 21.1 Å². The lowest BCUT2D eigenvalue weighted by molar-refractivity contribution is 0.125. The van der Waals surface area contributed by atoms with Gasteiger partial charge in [0.25, 0.3) is 5.56 Å². The molecule has 0 bridgehead atoms. The first kappa shape index (κ1) is 25.8. The smallest absolute Gasteiger partial charge is 0.277 e. The van der Waals surface area contributed by atoms with Crippen LogP contribution in [0.15, 0.2) is 27.9 Å². The van der Waals surface area contributed by atoms with Crippen LogP contribution in [0.4, 0.5) is 0 Å². The van der Waals surface area contributed by atoms with E-state index in [9.17, 15) is 23.4 Å². The zero-order valence-electron chi connectivity index (χ0n) is 19.9. The molecular weight excluding hydrogens is 462 g/mol. The van der Waals surface area contributed by atoms with Crippen molar-refractivity contribution in [1.29, 1.82) is 0 Å². The Kier molecular flexibility index (Phi) is 7.76.